The molecule has 2 nitrogen and oxygen atoms in total. The molecule has 0 atom stereocenters. The monoisotopic (exact) mass is 261 g/mol. The first kappa shape index (κ1) is 14.4. The van der Waals surface area contributed by atoms with Gasteiger partial charge in [0.15, 0.2) is 0 Å². The Bertz CT molecular complexity index is 385. The van der Waals surface area contributed by atoms with Gasteiger partial charge < -0.3 is 10.1 Å². The van der Waals surface area contributed by atoms with Crippen molar-refractivity contribution in [2.75, 3.05) is 13.2 Å². The maximum absolute atomic E-state index is 6.09. The highest BCUT2D eigenvalue weighted by Crippen LogP contribution is 2.29. The Labute approximate surface area is 117 Å². The Hall–Kier alpha value is -1.02. The predicted molar refractivity (Wildman–Crippen MR) is 80.7 cm³/mol. The Morgan fingerprint density at radius 2 is 1.79 bits per heavy atom. The van der Waals surface area contributed by atoms with Gasteiger partial charge in [-0.05, 0) is 55.8 Å². The van der Waals surface area contributed by atoms with Gasteiger partial charge in [0.05, 0.1) is 6.61 Å². The average molecular weight is 261 g/mol. The molecular formula is C17H27NO. The first-order valence-electron chi connectivity index (χ1n) is 7.64. The van der Waals surface area contributed by atoms with E-state index in [1.165, 1.54) is 42.4 Å². The summed E-state index contributed by atoms with van der Waals surface area (Å²) in [6, 6.07) is 4.50. The van der Waals surface area contributed by atoms with Crippen molar-refractivity contribution < 1.29 is 4.74 Å². The van der Waals surface area contributed by atoms with Crippen LogP contribution in [0.4, 0.5) is 0 Å². The number of nitrogens with one attached hydrogen (secondary N) is 1. The molecule has 0 radical (unpaired) electrons. The topological polar surface area (TPSA) is 21.3 Å². The Morgan fingerprint density at radius 3 is 2.37 bits per heavy atom. The average Bonchev–Trinajstić information content (AvgIpc) is 2.88. The summed E-state index contributed by atoms with van der Waals surface area (Å²) >= 11 is 0. The summed E-state index contributed by atoms with van der Waals surface area (Å²) in [4.78, 5) is 0. The molecule has 1 aromatic rings. The van der Waals surface area contributed by atoms with E-state index in [2.05, 4.69) is 38.2 Å². The molecule has 1 saturated carbocycles. The zero-order chi connectivity index (χ0) is 13.7. The first-order chi connectivity index (χ1) is 9.20. The lowest BCUT2D eigenvalue weighted by atomic mass is 10.1. The molecule has 2 heteroatoms. The van der Waals surface area contributed by atoms with E-state index >= 15 is 0 Å². The van der Waals surface area contributed by atoms with E-state index < -0.39 is 0 Å². The summed E-state index contributed by atoms with van der Waals surface area (Å²) in [5.41, 5.74) is 3.89. The predicted octanol–water partition coefficient (Wildman–Crippen LogP) is 3.98. The number of ether oxygens (including phenoxy) is 1. The molecule has 0 bridgehead atoms. The fourth-order valence-electron chi connectivity index (χ4n) is 3.02. The number of aryl methyl sites for hydroxylation is 2. The first-order valence-corrected chi connectivity index (χ1v) is 7.64. The molecule has 1 aliphatic carbocycles. The Balaban J connectivity index is 1.99. The van der Waals surface area contributed by atoms with E-state index in [1.807, 2.05) is 0 Å². The van der Waals surface area contributed by atoms with Gasteiger partial charge in [0.2, 0.25) is 0 Å². The lowest BCUT2D eigenvalue weighted by molar-refractivity contribution is 0.249. The minimum absolute atomic E-state index is 0.778. The van der Waals surface area contributed by atoms with E-state index in [9.17, 15) is 0 Å². The minimum Gasteiger partial charge on any atom is -0.493 e. The molecular weight excluding hydrogens is 234 g/mol. The van der Waals surface area contributed by atoms with Crippen molar-refractivity contribution in [1.82, 2.24) is 5.32 Å². The van der Waals surface area contributed by atoms with Gasteiger partial charge in [-0.1, -0.05) is 31.9 Å². The van der Waals surface area contributed by atoms with Crippen molar-refractivity contribution in [3.8, 4) is 5.75 Å². The third-order valence-corrected chi connectivity index (χ3v) is 4.04. The highest BCUT2D eigenvalue weighted by atomic mass is 16.5. The number of hydrogen-bond acceptors (Lipinski definition) is 2. The molecule has 0 amide bonds. The highest BCUT2D eigenvalue weighted by molar-refractivity contribution is 5.43. The van der Waals surface area contributed by atoms with Crippen LogP contribution in [0.25, 0.3) is 0 Å². The quantitative estimate of drug-likeness (QED) is 0.836. The number of rotatable bonds is 6. The SMILES string of the molecule is CCNCc1cc(C)c(OCC2CCCC2)c(C)c1. The maximum Gasteiger partial charge on any atom is 0.125 e. The molecule has 1 aromatic carbocycles. The third kappa shape index (κ3) is 3.97. The van der Waals surface area contributed by atoms with Crippen molar-refractivity contribution in [1.29, 1.82) is 0 Å². The smallest absolute Gasteiger partial charge is 0.125 e. The van der Waals surface area contributed by atoms with Crippen LogP contribution in [0, 0.1) is 19.8 Å². The summed E-state index contributed by atoms with van der Waals surface area (Å²) in [7, 11) is 0. The van der Waals surface area contributed by atoms with E-state index in [4.69, 9.17) is 4.74 Å². The van der Waals surface area contributed by atoms with Crippen LogP contribution in [0.5, 0.6) is 5.75 Å². The van der Waals surface area contributed by atoms with E-state index in [1.54, 1.807) is 0 Å². The molecule has 2 rings (SSSR count). The summed E-state index contributed by atoms with van der Waals surface area (Å²) < 4.78 is 6.09. The van der Waals surface area contributed by atoms with Crippen LogP contribution in [0.2, 0.25) is 0 Å². The highest BCUT2D eigenvalue weighted by Gasteiger charge is 2.16. The van der Waals surface area contributed by atoms with Gasteiger partial charge in [0, 0.05) is 6.54 Å². The largest absolute Gasteiger partial charge is 0.493 e. The van der Waals surface area contributed by atoms with Crippen LogP contribution < -0.4 is 10.1 Å². The van der Waals surface area contributed by atoms with Crippen molar-refractivity contribution in [3.05, 3.63) is 28.8 Å². The molecule has 0 spiro atoms. The van der Waals surface area contributed by atoms with Gasteiger partial charge in [-0.2, -0.15) is 0 Å². The molecule has 1 N–H and O–H groups in total. The molecule has 1 fully saturated rings. The normalized spacial score (nSPS) is 15.9. The van der Waals surface area contributed by atoms with Gasteiger partial charge in [-0.15, -0.1) is 0 Å². The molecule has 0 heterocycles. The maximum atomic E-state index is 6.09. The minimum atomic E-state index is 0.778. The molecule has 0 aromatic heterocycles. The molecule has 0 unspecified atom stereocenters. The second-order valence-corrected chi connectivity index (χ2v) is 5.80. The second-order valence-electron chi connectivity index (χ2n) is 5.80. The van der Waals surface area contributed by atoms with Crippen molar-refractivity contribution >= 4 is 0 Å². The lowest BCUT2D eigenvalue weighted by Gasteiger charge is -2.17. The fraction of sp³-hybridized carbons (Fsp3) is 0.647. The van der Waals surface area contributed by atoms with Crippen molar-refractivity contribution in [2.24, 2.45) is 5.92 Å². The lowest BCUT2D eigenvalue weighted by Crippen LogP contribution is -2.13. The summed E-state index contributed by atoms with van der Waals surface area (Å²) in [5, 5.41) is 3.37. The van der Waals surface area contributed by atoms with Gasteiger partial charge in [-0.25, -0.2) is 0 Å². The van der Waals surface area contributed by atoms with Gasteiger partial charge in [-0.3, -0.25) is 0 Å². The number of hydrogen-bond donors (Lipinski definition) is 1. The molecule has 106 valence electrons. The van der Waals surface area contributed by atoms with Crippen molar-refractivity contribution in [2.45, 2.75) is 53.0 Å². The molecule has 0 aliphatic heterocycles. The van der Waals surface area contributed by atoms with Gasteiger partial charge >= 0.3 is 0 Å². The number of benzene rings is 1. The molecule has 1 aliphatic rings. The van der Waals surface area contributed by atoms with E-state index in [-0.39, 0.29) is 0 Å². The van der Waals surface area contributed by atoms with Gasteiger partial charge in [0.1, 0.15) is 5.75 Å². The van der Waals surface area contributed by atoms with Crippen LogP contribution >= 0.6 is 0 Å². The van der Waals surface area contributed by atoms with Crippen LogP contribution in [0.3, 0.4) is 0 Å². The Morgan fingerprint density at radius 1 is 1.16 bits per heavy atom. The summed E-state index contributed by atoms with van der Waals surface area (Å²) in [6.07, 6.45) is 5.45. The van der Waals surface area contributed by atoms with Crippen molar-refractivity contribution in [3.63, 3.8) is 0 Å². The van der Waals surface area contributed by atoms with Gasteiger partial charge in [0.25, 0.3) is 0 Å². The molecule has 19 heavy (non-hydrogen) atoms. The Kier molecular flexibility index (Phi) is 5.26. The third-order valence-electron chi connectivity index (χ3n) is 4.04. The fourth-order valence-corrected chi connectivity index (χ4v) is 3.02. The van der Waals surface area contributed by atoms with Crippen LogP contribution in [-0.2, 0) is 6.54 Å². The summed E-state index contributed by atoms with van der Waals surface area (Å²) in [5.74, 6) is 1.88. The van der Waals surface area contributed by atoms with Crippen LogP contribution in [0.15, 0.2) is 12.1 Å². The molecule has 0 saturated heterocycles. The van der Waals surface area contributed by atoms with Crippen LogP contribution in [0.1, 0.15) is 49.3 Å². The van der Waals surface area contributed by atoms with E-state index in [0.717, 1.165) is 31.4 Å². The zero-order valence-electron chi connectivity index (χ0n) is 12.6. The standard InChI is InChI=1S/C17H27NO/c1-4-18-11-16-9-13(2)17(14(3)10-16)19-12-15-7-5-6-8-15/h9-10,15,18H,4-8,11-12H2,1-3H3. The van der Waals surface area contributed by atoms with Crippen LogP contribution in [-0.4, -0.2) is 13.2 Å². The zero-order valence-corrected chi connectivity index (χ0v) is 12.6. The van der Waals surface area contributed by atoms with E-state index in [0.29, 0.717) is 0 Å². The summed E-state index contributed by atoms with van der Waals surface area (Å²) in [6.45, 7) is 9.31. The second kappa shape index (κ2) is 6.95.